The van der Waals surface area contributed by atoms with Gasteiger partial charge in [-0.2, -0.15) is 0 Å². The fourth-order valence-corrected chi connectivity index (χ4v) is 1.88. The number of thiocarbonyl (C=S) groups is 1. The van der Waals surface area contributed by atoms with Crippen molar-refractivity contribution in [2.75, 3.05) is 31.7 Å². The van der Waals surface area contributed by atoms with Gasteiger partial charge in [0, 0.05) is 17.8 Å². The maximum absolute atomic E-state index is 13.6. The zero-order valence-electron chi connectivity index (χ0n) is 9.82. The second-order valence-corrected chi connectivity index (χ2v) is 4.45. The van der Waals surface area contributed by atoms with E-state index in [1.807, 2.05) is 0 Å². The van der Waals surface area contributed by atoms with Crippen LogP contribution in [0.4, 0.5) is 10.1 Å². The van der Waals surface area contributed by atoms with Crippen LogP contribution < -0.4 is 11.1 Å². The molecular formula is C12H15FN2O2S. The number of anilines is 1. The zero-order chi connectivity index (χ0) is 13.0. The van der Waals surface area contributed by atoms with Crippen molar-refractivity contribution >= 4 is 22.9 Å². The van der Waals surface area contributed by atoms with E-state index in [1.165, 1.54) is 6.07 Å². The minimum absolute atomic E-state index is 0.00271. The Kier molecular flexibility index (Phi) is 4.46. The molecule has 0 radical (unpaired) electrons. The Morgan fingerprint density at radius 3 is 2.94 bits per heavy atom. The summed E-state index contributed by atoms with van der Waals surface area (Å²) >= 11 is 4.74. The smallest absolute Gasteiger partial charge is 0.135 e. The maximum atomic E-state index is 13.6. The average molecular weight is 270 g/mol. The molecule has 0 aliphatic carbocycles. The molecule has 2 rings (SSSR count). The first-order chi connectivity index (χ1) is 8.66. The molecule has 1 aromatic rings. The Morgan fingerprint density at radius 1 is 1.50 bits per heavy atom. The van der Waals surface area contributed by atoms with E-state index in [1.54, 1.807) is 12.1 Å². The van der Waals surface area contributed by atoms with E-state index in [0.717, 1.165) is 0 Å². The van der Waals surface area contributed by atoms with Crippen LogP contribution in [-0.2, 0) is 9.47 Å². The molecule has 0 amide bonds. The highest BCUT2D eigenvalue weighted by Crippen LogP contribution is 2.15. The Bertz CT molecular complexity index is 436. The highest BCUT2D eigenvalue weighted by Gasteiger charge is 2.14. The van der Waals surface area contributed by atoms with Gasteiger partial charge in [-0.25, -0.2) is 4.39 Å². The number of benzene rings is 1. The lowest BCUT2D eigenvalue weighted by Gasteiger charge is -2.23. The van der Waals surface area contributed by atoms with Crippen LogP contribution in [0, 0.1) is 5.82 Å². The highest BCUT2D eigenvalue weighted by molar-refractivity contribution is 7.80. The molecule has 1 atom stereocenters. The third-order valence-electron chi connectivity index (χ3n) is 2.65. The Labute approximate surface area is 110 Å². The monoisotopic (exact) mass is 270 g/mol. The predicted molar refractivity (Wildman–Crippen MR) is 71.3 cm³/mol. The lowest BCUT2D eigenvalue weighted by molar-refractivity contribution is -0.0818. The molecule has 1 saturated heterocycles. The van der Waals surface area contributed by atoms with Crippen LogP contribution in [0.3, 0.4) is 0 Å². The second-order valence-electron chi connectivity index (χ2n) is 4.01. The van der Waals surface area contributed by atoms with Crippen LogP contribution in [0.25, 0.3) is 0 Å². The van der Waals surface area contributed by atoms with Gasteiger partial charge in [-0.05, 0) is 18.2 Å². The lowest BCUT2D eigenvalue weighted by Crippen LogP contribution is -2.34. The summed E-state index contributed by atoms with van der Waals surface area (Å²) in [5.74, 6) is -0.423. The molecule has 18 heavy (non-hydrogen) atoms. The lowest BCUT2D eigenvalue weighted by atomic mass is 10.2. The van der Waals surface area contributed by atoms with Crippen molar-refractivity contribution in [1.29, 1.82) is 0 Å². The summed E-state index contributed by atoms with van der Waals surface area (Å²) in [6.45, 7) is 2.36. The van der Waals surface area contributed by atoms with E-state index in [4.69, 9.17) is 27.4 Å². The molecule has 4 nitrogen and oxygen atoms in total. The molecule has 3 N–H and O–H groups in total. The van der Waals surface area contributed by atoms with Crippen molar-refractivity contribution in [3.8, 4) is 0 Å². The van der Waals surface area contributed by atoms with Crippen LogP contribution in [0.5, 0.6) is 0 Å². The van der Waals surface area contributed by atoms with Gasteiger partial charge in [-0.15, -0.1) is 0 Å². The minimum atomic E-state index is -0.423. The predicted octanol–water partition coefficient (Wildman–Crippen LogP) is 1.29. The molecule has 1 aromatic carbocycles. The van der Waals surface area contributed by atoms with Gasteiger partial charge in [0.15, 0.2) is 0 Å². The first kappa shape index (κ1) is 13.2. The van der Waals surface area contributed by atoms with Gasteiger partial charge < -0.3 is 20.5 Å². The van der Waals surface area contributed by atoms with Gasteiger partial charge in [0.1, 0.15) is 10.8 Å². The summed E-state index contributed by atoms with van der Waals surface area (Å²) in [7, 11) is 0. The van der Waals surface area contributed by atoms with Crippen molar-refractivity contribution in [2.24, 2.45) is 5.73 Å². The SMILES string of the molecule is NC(=S)c1ccc(NCC2COCCO2)cc1F. The fraction of sp³-hybridized carbons (Fsp3) is 0.417. The Balaban J connectivity index is 1.93. The van der Waals surface area contributed by atoms with Crippen LogP contribution in [-0.4, -0.2) is 37.5 Å². The molecule has 0 bridgehead atoms. The van der Waals surface area contributed by atoms with Crippen LogP contribution >= 0.6 is 12.2 Å². The number of nitrogens with two attached hydrogens (primary N) is 1. The van der Waals surface area contributed by atoms with E-state index in [9.17, 15) is 4.39 Å². The highest BCUT2D eigenvalue weighted by atomic mass is 32.1. The molecular weight excluding hydrogens is 255 g/mol. The number of ether oxygens (including phenoxy) is 2. The third-order valence-corrected chi connectivity index (χ3v) is 2.87. The number of nitrogens with one attached hydrogen (secondary N) is 1. The van der Waals surface area contributed by atoms with Gasteiger partial charge in [0.2, 0.25) is 0 Å². The number of hydrogen-bond donors (Lipinski definition) is 2. The first-order valence-corrected chi connectivity index (χ1v) is 6.10. The Hall–Kier alpha value is -1.24. The van der Waals surface area contributed by atoms with Gasteiger partial charge in [0.25, 0.3) is 0 Å². The molecule has 0 spiro atoms. The van der Waals surface area contributed by atoms with E-state index < -0.39 is 5.82 Å². The van der Waals surface area contributed by atoms with Crippen LogP contribution in [0.1, 0.15) is 5.56 Å². The van der Waals surface area contributed by atoms with E-state index >= 15 is 0 Å². The van der Waals surface area contributed by atoms with Gasteiger partial charge in [-0.3, -0.25) is 0 Å². The molecule has 1 aliphatic heterocycles. The quantitative estimate of drug-likeness (QED) is 0.807. The summed E-state index contributed by atoms with van der Waals surface area (Å²) in [6.07, 6.45) is -0.00271. The summed E-state index contributed by atoms with van der Waals surface area (Å²) in [6, 6.07) is 4.68. The van der Waals surface area contributed by atoms with Crippen molar-refractivity contribution < 1.29 is 13.9 Å². The fourth-order valence-electron chi connectivity index (χ4n) is 1.71. The van der Waals surface area contributed by atoms with Crippen LogP contribution in [0.2, 0.25) is 0 Å². The Morgan fingerprint density at radius 2 is 2.33 bits per heavy atom. The van der Waals surface area contributed by atoms with Gasteiger partial charge >= 0.3 is 0 Å². The largest absolute Gasteiger partial charge is 0.389 e. The van der Waals surface area contributed by atoms with Crippen molar-refractivity contribution in [2.45, 2.75) is 6.10 Å². The summed E-state index contributed by atoms with van der Waals surface area (Å²) in [5, 5.41) is 3.09. The third kappa shape index (κ3) is 3.38. The topological polar surface area (TPSA) is 56.5 Å². The van der Waals surface area contributed by atoms with E-state index in [2.05, 4.69) is 5.32 Å². The zero-order valence-corrected chi connectivity index (χ0v) is 10.6. The summed E-state index contributed by atoms with van der Waals surface area (Å²) in [5.41, 5.74) is 6.32. The molecule has 1 heterocycles. The summed E-state index contributed by atoms with van der Waals surface area (Å²) in [4.78, 5) is 0.0584. The molecule has 1 unspecified atom stereocenters. The normalized spacial score (nSPS) is 19.5. The second kappa shape index (κ2) is 6.08. The van der Waals surface area contributed by atoms with Crippen molar-refractivity contribution in [3.63, 3.8) is 0 Å². The van der Waals surface area contributed by atoms with E-state index in [0.29, 0.717) is 32.1 Å². The van der Waals surface area contributed by atoms with Crippen molar-refractivity contribution in [3.05, 3.63) is 29.6 Å². The minimum Gasteiger partial charge on any atom is -0.389 e. The summed E-state index contributed by atoms with van der Waals surface area (Å²) < 4.78 is 24.3. The van der Waals surface area contributed by atoms with Gasteiger partial charge in [-0.1, -0.05) is 12.2 Å². The molecule has 0 saturated carbocycles. The molecule has 6 heteroatoms. The molecule has 1 aliphatic rings. The standard InChI is InChI=1S/C12H15FN2O2S/c13-11-5-8(1-2-10(11)12(14)18)15-6-9-7-16-3-4-17-9/h1-2,5,9,15H,3-4,6-7H2,(H2,14,18). The molecule has 98 valence electrons. The van der Waals surface area contributed by atoms with Crippen molar-refractivity contribution in [1.82, 2.24) is 0 Å². The maximum Gasteiger partial charge on any atom is 0.135 e. The average Bonchev–Trinajstić information content (AvgIpc) is 2.37. The molecule has 1 fully saturated rings. The number of halogens is 1. The first-order valence-electron chi connectivity index (χ1n) is 5.69. The van der Waals surface area contributed by atoms with E-state index in [-0.39, 0.29) is 16.7 Å². The van der Waals surface area contributed by atoms with Crippen LogP contribution in [0.15, 0.2) is 18.2 Å². The number of rotatable bonds is 4. The van der Waals surface area contributed by atoms with Gasteiger partial charge in [0.05, 0.1) is 25.9 Å². The number of hydrogen-bond acceptors (Lipinski definition) is 4. The molecule has 0 aromatic heterocycles.